The highest BCUT2D eigenvalue weighted by atomic mass is 16.7. The van der Waals surface area contributed by atoms with Gasteiger partial charge in [0.05, 0.1) is 12.7 Å². The minimum absolute atomic E-state index is 0.244. The highest BCUT2D eigenvalue weighted by Crippen LogP contribution is 2.62. The molecule has 0 aromatic rings. The van der Waals surface area contributed by atoms with Crippen LogP contribution in [0.1, 0.15) is 133 Å². The Morgan fingerprint density at radius 3 is 1.82 bits per heavy atom. The fraction of sp³-hybridized carbons (Fsp3) is 1.00. The summed E-state index contributed by atoms with van der Waals surface area (Å²) in [6, 6.07) is 0. The van der Waals surface area contributed by atoms with E-state index in [-0.39, 0.29) is 11.9 Å². The molecule has 7 unspecified atom stereocenters. The average Bonchev–Trinajstić information content (AvgIpc) is 3.29. The number of ether oxygens (including phenoxy) is 2. The molecule has 1 saturated heterocycles. The summed E-state index contributed by atoms with van der Waals surface area (Å²) >= 11 is 0. The van der Waals surface area contributed by atoms with Crippen molar-refractivity contribution in [1.29, 1.82) is 0 Å². The Morgan fingerprint density at radius 2 is 1.36 bits per heavy atom. The third-order valence-electron chi connectivity index (χ3n) is 12.6. The largest absolute Gasteiger partial charge is 0.347 e. The summed E-state index contributed by atoms with van der Waals surface area (Å²) in [6.45, 7) is 26.7. The smallest absolute Gasteiger partial charge is 0.168 e. The second-order valence-electron chi connectivity index (χ2n) is 15.9. The van der Waals surface area contributed by atoms with Crippen molar-refractivity contribution in [3.63, 3.8) is 0 Å². The molecule has 39 heavy (non-hydrogen) atoms. The second kappa shape index (κ2) is 13.5. The maximum atomic E-state index is 6.81. The fourth-order valence-electron chi connectivity index (χ4n) is 10.3. The third kappa shape index (κ3) is 6.93. The first kappa shape index (κ1) is 31.8. The van der Waals surface area contributed by atoms with E-state index in [1.165, 1.54) is 57.8 Å². The summed E-state index contributed by atoms with van der Waals surface area (Å²) < 4.78 is 13.4. The van der Waals surface area contributed by atoms with Gasteiger partial charge >= 0.3 is 0 Å². The average molecular weight is 546 g/mol. The highest BCUT2D eigenvalue weighted by Gasteiger charge is 2.56. The molecule has 0 aromatic heterocycles. The van der Waals surface area contributed by atoms with Crippen molar-refractivity contribution in [3.8, 4) is 0 Å². The quantitative estimate of drug-likeness (QED) is 0.273. The van der Waals surface area contributed by atoms with E-state index in [1.807, 2.05) is 0 Å². The van der Waals surface area contributed by atoms with Crippen molar-refractivity contribution < 1.29 is 9.47 Å². The van der Waals surface area contributed by atoms with Crippen molar-refractivity contribution in [1.82, 2.24) is 4.90 Å². The Balaban J connectivity index is 1.57. The van der Waals surface area contributed by atoms with Crippen LogP contribution in [0.3, 0.4) is 0 Å². The van der Waals surface area contributed by atoms with Crippen molar-refractivity contribution in [2.45, 2.75) is 145 Å². The molecule has 0 N–H and O–H groups in total. The van der Waals surface area contributed by atoms with Crippen LogP contribution in [0.5, 0.6) is 0 Å². The molecule has 3 saturated carbocycles. The summed E-state index contributed by atoms with van der Waals surface area (Å²) in [7, 11) is 0. The summed E-state index contributed by atoms with van der Waals surface area (Å²) in [5.74, 6) is 7.34. The lowest BCUT2D eigenvalue weighted by molar-refractivity contribution is -0.208. The third-order valence-corrected chi connectivity index (χ3v) is 12.6. The molecule has 3 heteroatoms. The lowest BCUT2D eigenvalue weighted by Crippen LogP contribution is -2.54. The minimum Gasteiger partial charge on any atom is -0.347 e. The van der Waals surface area contributed by atoms with Crippen molar-refractivity contribution in [2.75, 3.05) is 26.2 Å². The Hall–Kier alpha value is -0.120. The Labute approximate surface area is 243 Å². The number of rotatable bonds is 10. The summed E-state index contributed by atoms with van der Waals surface area (Å²) in [4.78, 5) is 2.54. The molecule has 1 heterocycles. The molecule has 4 rings (SSSR count). The summed E-state index contributed by atoms with van der Waals surface area (Å²) in [6.07, 6.45) is 14.9. The number of nitrogens with zero attached hydrogens (tertiary/aromatic N) is 1. The zero-order valence-electron chi connectivity index (χ0n) is 27.6. The number of likely N-dealkylation sites (N-methyl/N-ethyl adjacent to an activating group) is 1. The zero-order chi connectivity index (χ0) is 28.4. The topological polar surface area (TPSA) is 21.7 Å². The lowest BCUT2D eigenvalue weighted by atomic mass is 9.45. The van der Waals surface area contributed by atoms with Gasteiger partial charge in [-0.15, -0.1) is 0 Å². The van der Waals surface area contributed by atoms with Crippen LogP contribution in [0.4, 0.5) is 0 Å². The molecule has 228 valence electrons. The predicted molar refractivity (Wildman–Crippen MR) is 166 cm³/mol. The van der Waals surface area contributed by atoms with Crippen molar-refractivity contribution in [3.05, 3.63) is 0 Å². The van der Waals surface area contributed by atoms with Gasteiger partial charge in [0.1, 0.15) is 0 Å². The van der Waals surface area contributed by atoms with Crippen LogP contribution < -0.4 is 0 Å². The summed E-state index contributed by atoms with van der Waals surface area (Å²) in [5, 5.41) is 0. The highest BCUT2D eigenvalue weighted by molar-refractivity contribution is 5.04. The first-order valence-electron chi connectivity index (χ1n) is 17.6. The molecular formula is C36H67NO2. The van der Waals surface area contributed by atoms with Gasteiger partial charge in [-0.1, -0.05) is 75.2 Å². The molecule has 4 aliphatic rings. The predicted octanol–water partition coefficient (Wildman–Crippen LogP) is 9.44. The van der Waals surface area contributed by atoms with Crippen LogP contribution in [0.25, 0.3) is 0 Å². The van der Waals surface area contributed by atoms with E-state index in [9.17, 15) is 0 Å². The maximum Gasteiger partial charge on any atom is 0.168 e. The van der Waals surface area contributed by atoms with E-state index < -0.39 is 0 Å². The van der Waals surface area contributed by atoms with Gasteiger partial charge in [-0.25, -0.2) is 0 Å². The van der Waals surface area contributed by atoms with E-state index in [0.717, 1.165) is 92.3 Å². The molecule has 0 bridgehead atoms. The molecule has 1 aliphatic heterocycles. The van der Waals surface area contributed by atoms with Crippen LogP contribution in [-0.2, 0) is 9.47 Å². The molecule has 0 radical (unpaired) electrons. The van der Waals surface area contributed by atoms with Gasteiger partial charge in [-0.2, -0.15) is 0 Å². The van der Waals surface area contributed by atoms with Gasteiger partial charge in [0.25, 0.3) is 0 Å². The van der Waals surface area contributed by atoms with Gasteiger partial charge in [0.2, 0.25) is 0 Å². The summed E-state index contributed by atoms with van der Waals surface area (Å²) in [5.41, 5.74) is 0.424. The molecular weight excluding hydrogens is 478 g/mol. The molecule has 3 nitrogen and oxygen atoms in total. The van der Waals surface area contributed by atoms with E-state index in [2.05, 4.69) is 67.2 Å². The Morgan fingerprint density at radius 1 is 0.821 bits per heavy atom. The minimum atomic E-state index is -0.303. The van der Waals surface area contributed by atoms with E-state index in [4.69, 9.17) is 9.47 Å². The SMILES string of the molecule is CCCN(CC)CC1COC2(CCC(C(C)(C3CC(C)CCC3C(C)C)C3CC(C)CCC3C(C)C)CC2)O1. The normalized spacial score (nSPS) is 41.5. The zero-order valence-corrected chi connectivity index (χ0v) is 27.6. The van der Waals surface area contributed by atoms with Crippen molar-refractivity contribution in [2.24, 2.45) is 58.7 Å². The molecule has 1 spiro atoms. The monoisotopic (exact) mass is 546 g/mol. The number of hydrogen-bond donors (Lipinski definition) is 0. The lowest BCUT2D eigenvalue weighted by Gasteiger charge is -2.60. The van der Waals surface area contributed by atoms with Crippen molar-refractivity contribution >= 4 is 0 Å². The molecule has 0 amide bonds. The Kier molecular flexibility index (Phi) is 11.0. The van der Waals surface area contributed by atoms with Gasteiger partial charge in [0, 0.05) is 19.4 Å². The molecule has 4 fully saturated rings. The van der Waals surface area contributed by atoms with Crippen LogP contribution in [0, 0.1) is 58.7 Å². The van der Waals surface area contributed by atoms with Gasteiger partial charge in [-0.3, -0.25) is 0 Å². The maximum absolute atomic E-state index is 6.81. The van der Waals surface area contributed by atoms with Crippen LogP contribution in [-0.4, -0.2) is 43.0 Å². The Bertz CT molecular complexity index is 708. The fourth-order valence-corrected chi connectivity index (χ4v) is 10.3. The van der Waals surface area contributed by atoms with E-state index in [0.29, 0.717) is 5.41 Å². The van der Waals surface area contributed by atoms with Crippen LogP contribution >= 0.6 is 0 Å². The molecule has 7 atom stereocenters. The van der Waals surface area contributed by atoms with Gasteiger partial charge in [-0.05, 0) is 117 Å². The van der Waals surface area contributed by atoms with E-state index in [1.54, 1.807) is 0 Å². The molecule has 0 aromatic carbocycles. The first-order chi connectivity index (χ1) is 18.5. The standard InChI is InChI=1S/C36H67NO2/c1-10-20-37(11-2)23-30-24-38-36(39-30)18-16-29(17-19-36)35(9,33-21-27(7)12-14-31(33)25(3)4)34-22-28(8)13-15-32(34)26(5)6/h25-34H,10-24H2,1-9H3. The molecule has 3 aliphatic carbocycles. The van der Waals surface area contributed by atoms with Gasteiger partial charge < -0.3 is 14.4 Å². The first-order valence-corrected chi connectivity index (χ1v) is 17.6. The second-order valence-corrected chi connectivity index (χ2v) is 15.9. The van der Waals surface area contributed by atoms with Gasteiger partial charge in [0.15, 0.2) is 5.79 Å². The van der Waals surface area contributed by atoms with E-state index >= 15 is 0 Å². The van der Waals surface area contributed by atoms with Crippen LogP contribution in [0.15, 0.2) is 0 Å². The van der Waals surface area contributed by atoms with Crippen LogP contribution in [0.2, 0.25) is 0 Å². The number of hydrogen-bond acceptors (Lipinski definition) is 3.